The third kappa shape index (κ3) is 3.58. The summed E-state index contributed by atoms with van der Waals surface area (Å²) in [6, 6.07) is 10.1. The van der Waals surface area contributed by atoms with E-state index in [1.165, 1.54) is 0 Å². The Labute approximate surface area is 128 Å². The van der Waals surface area contributed by atoms with Crippen molar-refractivity contribution in [3.63, 3.8) is 0 Å². The number of carbonyl (C=O) groups is 1. The van der Waals surface area contributed by atoms with Crippen LogP contribution in [0.25, 0.3) is 0 Å². The molecule has 21 heavy (non-hydrogen) atoms. The first-order valence-electron chi connectivity index (χ1n) is 6.31. The minimum absolute atomic E-state index is 0.289. The fourth-order valence-electron chi connectivity index (χ4n) is 1.96. The molecule has 2 rings (SSSR count). The maximum absolute atomic E-state index is 12.2. The molecule has 0 aliphatic heterocycles. The van der Waals surface area contributed by atoms with Gasteiger partial charge in [0.05, 0.1) is 10.7 Å². The van der Waals surface area contributed by atoms with Crippen molar-refractivity contribution in [3.05, 3.63) is 47.0 Å². The molecule has 0 saturated carbocycles. The minimum Gasteiger partial charge on any atom is -0.399 e. The van der Waals surface area contributed by atoms with Crippen molar-refractivity contribution in [2.75, 3.05) is 35.8 Å². The summed E-state index contributed by atoms with van der Waals surface area (Å²) in [7, 11) is 3.80. The van der Waals surface area contributed by atoms with Gasteiger partial charge in [-0.2, -0.15) is 0 Å². The lowest BCUT2D eigenvalue weighted by Crippen LogP contribution is -2.13. The predicted octanol–water partition coefficient (Wildman–Crippen LogP) is 2.82. The van der Waals surface area contributed by atoms with Gasteiger partial charge in [0.1, 0.15) is 0 Å². The van der Waals surface area contributed by atoms with Gasteiger partial charge in [0.2, 0.25) is 0 Å². The summed E-state index contributed by atoms with van der Waals surface area (Å²) in [5, 5.41) is 3.33. The van der Waals surface area contributed by atoms with Gasteiger partial charge in [-0.3, -0.25) is 4.79 Å². The number of amides is 1. The molecule has 110 valence electrons. The highest BCUT2D eigenvalue weighted by Gasteiger charge is 2.09. The molecular formula is C15H17ClN4O. The predicted molar refractivity (Wildman–Crippen MR) is 89.0 cm³/mol. The maximum atomic E-state index is 12.2. The van der Waals surface area contributed by atoms with E-state index in [1.807, 2.05) is 25.1 Å². The smallest absolute Gasteiger partial charge is 0.255 e. The molecule has 0 saturated heterocycles. The second-order valence-corrected chi connectivity index (χ2v) is 5.31. The van der Waals surface area contributed by atoms with E-state index >= 15 is 0 Å². The van der Waals surface area contributed by atoms with Crippen molar-refractivity contribution < 1.29 is 4.79 Å². The van der Waals surface area contributed by atoms with E-state index in [4.69, 9.17) is 23.1 Å². The van der Waals surface area contributed by atoms with Gasteiger partial charge in [-0.15, -0.1) is 0 Å². The molecule has 0 fully saturated rings. The van der Waals surface area contributed by atoms with E-state index in [0.29, 0.717) is 27.6 Å². The van der Waals surface area contributed by atoms with Gasteiger partial charge in [-0.25, -0.2) is 0 Å². The molecule has 0 bridgehead atoms. The van der Waals surface area contributed by atoms with Crippen LogP contribution in [0.5, 0.6) is 0 Å². The second-order valence-electron chi connectivity index (χ2n) is 4.90. The van der Waals surface area contributed by atoms with E-state index in [0.717, 1.165) is 5.69 Å². The van der Waals surface area contributed by atoms with Gasteiger partial charge in [0, 0.05) is 36.7 Å². The summed E-state index contributed by atoms with van der Waals surface area (Å²) in [5.41, 5.74) is 14.1. The zero-order valence-corrected chi connectivity index (χ0v) is 12.6. The highest BCUT2D eigenvalue weighted by atomic mass is 35.5. The molecule has 0 aliphatic rings. The van der Waals surface area contributed by atoms with Crippen LogP contribution in [-0.2, 0) is 0 Å². The Hall–Kier alpha value is -2.40. The average Bonchev–Trinajstić information content (AvgIpc) is 2.37. The fourth-order valence-corrected chi connectivity index (χ4v) is 2.31. The lowest BCUT2D eigenvalue weighted by atomic mass is 10.1. The average molecular weight is 305 g/mol. The molecule has 0 radical (unpaired) electrons. The van der Waals surface area contributed by atoms with Gasteiger partial charge in [0.25, 0.3) is 5.91 Å². The van der Waals surface area contributed by atoms with Crippen molar-refractivity contribution in [1.29, 1.82) is 0 Å². The third-order valence-electron chi connectivity index (χ3n) is 2.93. The molecule has 0 spiro atoms. The summed E-state index contributed by atoms with van der Waals surface area (Å²) in [4.78, 5) is 14.1. The number of anilines is 4. The van der Waals surface area contributed by atoms with Crippen molar-refractivity contribution >= 4 is 40.3 Å². The first-order chi connectivity index (χ1) is 9.86. The first-order valence-corrected chi connectivity index (χ1v) is 6.69. The molecule has 2 aromatic rings. The highest BCUT2D eigenvalue weighted by Crippen LogP contribution is 2.27. The van der Waals surface area contributed by atoms with Crippen molar-refractivity contribution in [3.8, 4) is 0 Å². The summed E-state index contributed by atoms with van der Waals surface area (Å²) in [5.74, 6) is -0.289. The molecule has 5 nitrogen and oxygen atoms in total. The third-order valence-corrected chi connectivity index (χ3v) is 3.23. The van der Waals surface area contributed by atoms with E-state index in [9.17, 15) is 4.79 Å². The molecule has 2 aromatic carbocycles. The maximum Gasteiger partial charge on any atom is 0.255 e. The lowest BCUT2D eigenvalue weighted by Gasteiger charge is -2.15. The monoisotopic (exact) mass is 304 g/mol. The van der Waals surface area contributed by atoms with Crippen LogP contribution in [0.3, 0.4) is 0 Å². The molecule has 0 heterocycles. The van der Waals surface area contributed by atoms with Crippen molar-refractivity contribution in [1.82, 2.24) is 0 Å². The zero-order valence-electron chi connectivity index (χ0n) is 11.9. The van der Waals surface area contributed by atoms with E-state index in [1.54, 1.807) is 30.3 Å². The van der Waals surface area contributed by atoms with E-state index in [2.05, 4.69) is 5.32 Å². The number of carbonyl (C=O) groups excluding carboxylic acids is 1. The summed E-state index contributed by atoms with van der Waals surface area (Å²) >= 11 is 6.17. The molecule has 0 aliphatic carbocycles. The summed E-state index contributed by atoms with van der Waals surface area (Å²) in [6.45, 7) is 0. The van der Waals surface area contributed by atoms with Gasteiger partial charge < -0.3 is 21.7 Å². The fraction of sp³-hybridized carbons (Fsp3) is 0.133. The molecule has 1 amide bonds. The van der Waals surface area contributed by atoms with Crippen molar-refractivity contribution in [2.24, 2.45) is 0 Å². The number of nitrogens with one attached hydrogen (secondary N) is 1. The molecule has 0 unspecified atom stereocenters. The van der Waals surface area contributed by atoms with E-state index in [-0.39, 0.29) is 5.91 Å². The quantitative estimate of drug-likeness (QED) is 0.761. The number of benzene rings is 2. The minimum atomic E-state index is -0.289. The van der Waals surface area contributed by atoms with Crippen LogP contribution in [0.2, 0.25) is 5.02 Å². The van der Waals surface area contributed by atoms with Crippen LogP contribution in [0.15, 0.2) is 36.4 Å². The number of halogens is 1. The van der Waals surface area contributed by atoms with Crippen molar-refractivity contribution in [2.45, 2.75) is 0 Å². The number of rotatable bonds is 3. The van der Waals surface area contributed by atoms with E-state index < -0.39 is 0 Å². The highest BCUT2D eigenvalue weighted by molar-refractivity contribution is 6.33. The molecule has 6 heteroatoms. The van der Waals surface area contributed by atoms with Crippen LogP contribution in [-0.4, -0.2) is 20.0 Å². The molecule has 0 aromatic heterocycles. The zero-order chi connectivity index (χ0) is 15.6. The SMILES string of the molecule is CN(C)c1ccc(NC(=O)c2cc(N)cc(N)c2)cc1Cl. The van der Waals surface area contributed by atoms with Crippen LogP contribution in [0.1, 0.15) is 10.4 Å². The number of hydrogen-bond acceptors (Lipinski definition) is 4. The normalized spacial score (nSPS) is 10.2. The Morgan fingerprint density at radius 3 is 2.24 bits per heavy atom. The molecular weight excluding hydrogens is 288 g/mol. The summed E-state index contributed by atoms with van der Waals surface area (Å²) in [6.07, 6.45) is 0. The van der Waals surface area contributed by atoms with Gasteiger partial charge in [0.15, 0.2) is 0 Å². The van der Waals surface area contributed by atoms with Gasteiger partial charge >= 0.3 is 0 Å². The largest absolute Gasteiger partial charge is 0.399 e. The number of hydrogen-bond donors (Lipinski definition) is 3. The Bertz CT molecular complexity index is 665. The standard InChI is InChI=1S/C15H17ClN4O/c1-20(2)14-4-3-12(8-13(14)16)19-15(21)9-5-10(17)7-11(18)6-9/h3-8H,17-18H2,1-2H3,(H,19,21). The second kappa shape index (κ2) is 5.93. The van der Waals surface area contributed by atoms with Gasteiger partial charge in [-0.1, -0.05) is 11.6 Å². The van der Waals surface area contributed by atoms with Crippen LogP contribution in [0.4, 0.5) is 22.7 Å². The Morgan fingerprint density at radius 1 is 1.10 bits per heavy atom. The Balaban J connectivity index is 2.21. The Morgan fingerprint density at radius 2 is 1.71 bits per heavy atom. The van der Waals surface area contributed by atoms with Crippen LogP contribution < -0.4 is 21.7 Å². The summed E-state index contributed by atoms with van der Waals surface area (Å²) < 4.78 is 0. The van der Waals surface area contributed by atoms with Gasteiger partial charge in [-0.05, 0) is 36.4 Å². The van der Waals surface area contributed by atoms with Crippen LogP contribution in [0, 0.1) is 0 Å². The molecule has 5 N–H and O–H groups in total. The number of nitrogens with zero attached hydrogens (tertiary/aromatic N) is 1. The lowest BCUT2D eigenvalue weighted by molar-refractivity contribution is 0.102. The number of nitrogens with two attached hydrogens (primary N) is 2. The Kier molecular flexibility index (Phi) is 4.23. The first kappa shape index (κ1) is 15.0. The molecule has 0 atom stereocenters. The topological polar surface area (TPSA) is 84.4 Å². The number of nitrogen functional groups attached to an aromatic ring is 2. The van der Waals surface area contributed by atoms with Crippen LogP contribution >= 0.6 is 11.6 Å².